The van der Waals surface area contributed by atoms with Gasteiger partial charge in [-0.25, -0.2) is 5.43 Å². The van der Waals surface area contributed by atoms with Crippen molar-refractivity contribution in [1.29, 1.82) is 0 Å². The highest BCUT2D eigenvalue weighted by molar-refractivity contribution is 14.1. The molecule has 0 bridgehead atoms. The van der Waals surface area contributed by atoms with Crippen molar-refractivity contribution < 1.29 is 19.6 Å². The van der Waals surface area contributed by atoms with E-state index in [0.717, 1.165) is 14.7 Å². The van der Waals surface area contributed by atoms with Gasteiger partial charge < -0.3 is 9.84 Å². The molecule has 186 valence electrons. The monoisotopic (exact) mass is 607 g/mol. The molecule has 0 aliphatic rings. The van der Waals surface area contributed by atoms with Crippen LogP contribution in [0.25, 0.3) is 0 Å². The van der Waals surface area contributed by atoms with E-state index in [1.165, 1.54) is 18.3 Å². The van der Waals surface area contributed by atoms with Crippen molar-refractivity contribution in [2.45, 2.75) is 12.2 Å². The van der Waals surface area contributed by atoms with Crippen LogP contribution in [-0.2, 0) is 17.0 Å². The highest BCUT2D eigenvalue weighted by Crippen LogP contribution is 2.30. The number of hydrogen-bond acceptors (Lipinski definition) is 6. The second-order valence-corrected chi connectivity index (χ2v) is 9.21. The second-order valence-electron chi connectivity index (χ2n) is 8.04. The molecule has 4 aromatic rings. The third kappa shape index (κ3) is 6.19. The van der Waals surface area contributed by atoms with Crippen molar-refractivity contribution in [1.82, 2.24) is 5.43 Å². The van der Waals surface area contributed by atoms with Crippen molar-refractivity contribution in [2.24, 2.45) is 5.10 Å². The lowest BCUT2D eigenvalue weighted by Gasteiger charge is -2.27. The molecule has 0 radical (unpaired) electrons. The summed E-state index contributed by atoms with van der Waals surface area (Å²) in [5.41, 5.74) is 2.96. The summed E-state index contributed by atoms with van der Waals surface area (Å²) in [6.07, 6.45) is 1.48. The lowest BCUT2D eigenvalue weighted by Crippen LogP contribution is -2.43. The topological polar surface area (TPSA) is 114 Å². The third-order valence-electron chi connectivity index (χ3n) is 5.59. The summed E-state index contributed by atoms with van der Waals surface area (Å²) < 4.78 is 6.66. The summed E-state index contributed by atoms with van der Waals surface area (Å²) in [4.78, 5) is 23.5. The molecule has 4 rings (SSSR count). The van der Waals surface area contributed by atoms with E-state index >= 15 is 0 Å². The molecular formula is C28H22IN3O5. The van der Waals surface area contributed by atoms with Gasteiger partial charge >= 0.3 is 0 Å². The van der Waals surface area contributed by atoms with Crippen molar-refractivity contribution in [2.75, 3.05) is 0 Å². The first-order chi connectivity index (χ1) is 17.9. The highest BCUT2D eigenvalue weighted by Gasteiger charge is 2.39. The molecule has 8 nitrogen and oxygen atoms in total. The van der Waals surface area contributed by atoms with Gasteiger partial charge in [-0.2, -0.15) is 5.10 Å². The normalized spacial score (nSPS) is 11.3. The van der Waals surface area contributed by atoms with E-state index in [1.54, 1.807) is 72.8 Å². The fourth-order valence-corrected chi connectivity index (χ4v) is 4.32. The summed E-state index contributed by atoms with van der Waals surface area (Å²) in [7, 11) is 0. The van der Waals surface area contributed by atoms with Crippen LogP contribution in [0.4, 0.5) is 5.69 Å². The summed E-state index contributed by atoms with van der Waals surface area (Å²) >= 11 is 2.13. The number of nitro groups is 1. The van der Waals surface area contributed by atoms with E-state index in [-0.39, 0.29) is 12.3 Å². The largest absolute Gasteiger partial charge is 0.488 e. The molecule has 0 aliphatic heterocycles. The minimum absolute atomic E-state index is 0.0278. The number of nitrogens with one attached hydrogen (secondary N) is 1. The Morgan fingerprint density at radius 3 is 2.11 bits per heavy atom. The summed E-state index contributed by atoms with van der Waals surface area (Å²) in [5, 5.41) is 26.3. The van der Waals surface area contributed by atoms with Crippen LogP contribution in [0.15, 0.2) is 108 Å². The number of nitrogens with zero attached hydrogens (tertiary/aromatic N) is 2. The number of nitro benzene ring substituents is 1. The maximum atomic E-state index is 13.1. The number of benzene rings is 4. The third-order valence-corrected chi connectivity index (χ3v) is 6.43. The Hall–Kier alpha value is -4.09. The lowest BCUT2D eigenvalue weighted by atomic mass is 9.85. The Bertz CT molecular complexity index is 1370. The molecule has 0 unspecified atom stereocenters. The first kappa shape index (κ1) is 26.0. The van der Waals surface area contributed by atoms with Gasteiger partial charge in [0.15, 0.2) is 5.60 Å². The highest BCUT2D eigenvalue weighted by atomic mass is 127. The molecule has 2 N–H and O–H groups in total. The molecule has 0 spiro atoms. The maximum Gasteiger partial charge on any atom is 0.281 e. The van der Waals surface area contributed by atoms with Gasteiger partial charge in [0.1, 0.15) is 12.4 Å². The first-order valence-electron chi connectivity index (χ1n) is 11.2. The molecule has 9 heteroatoms. The Balaban J connectivity index is 1.43. The minimum atomic E-state index is -1.91. The number of carbonyl (C=O) groups excluding carboxylic acids is 1. The number of aliphatic hydroxyl groups is 1. The number of rotatable bonds is 9. The van der Waals surface area contributed by atoms with Crippen LogP contribution in [0.2, 0.25) is 0 Å². The van der Waals surface area contributed by atoms with Gasteiger partial charge in [0, 0.05) is 12.1 Å². The van der Waals surface area contributed by atoms with Crippen LogP contribution in [0.3, 0.4) is 0 Å². The Morgan fingerprint density at radius 1 is 0.973 bits per heavy atom. The quantitative estimate of drug-likeness (QED) is 0.118. The van der Waals surface area contributed by atoms with E-state index in [4.69, 9.17) is 4.74 Å². The van der Waals surface area contributed by atoms with Crippen LogP contribution in [0.1, 0.15) is 22.3 Å². The van der Waals surface area contributed by atoms with Crippen molar-refractivity contribution >= 4 is 40.4 Å². The summed E-state index contributed by atoms with van der Waals surface area (Å²) in [6.45, 7) is 0.259. The van der Waals surface area contributed by atoms with Gasteiger partial charge in [0.25, 0.3) is 11.6 Å². The van der Waals surface area contributed by atoms with Crippen LogP contribution in [0, 0.1) is 13.7 Å². The molecule has 0 heterocycles. The van der Waals surface area contributed by atoms with Gasteiger partial charge in [-0.15, -0.1) is 0 Å². The molecule has 0 aliphatic carbocycles. The number of carbonyl (C=O) groups is 1. The molecule has 0 aromatic heterocycles. The zero-order valence-electron chi connectivity index (χ0n) is 19.5. The molecule has 0 saturated carbocycles. The number of hydrogen-bond donors (Lipinski definition) is 2. The van der Waals surface area contributed by atoms with Crippen molar-refractivity contribution in [3.8, 4) is 5.75 Å². The van der Waals surface area contributed by atoms with Gasteiger partial charge in [0.2, 0.25) is 0 Å². The fourth-order valence-electron chi connectivity index (χ4n) is 3.62. The predicted molar refractivity (Wildman–Crippen MR) is 148 cm³/mol. The lowest BCUT2D eigenvalue weighted by molar-refractivity contribution is -0.384. The van der Waals surface area contributed by atoms with Gasteiger partial charge in [-0.05, 0) is 75.2 Å². The zero-order chi connectivity index (χ0) is 26.3. The van der Waals surface area contributed by atoms with Gasteiger partial charge in [0.05, 0.1) is 14.7 Å². The SMILES string of the molecule is O=C(N/N=C/c1ccc(OCc2ccc([N+](=O)[O-])cc2)c(I)c1)C(O)(c1ccccc1)c1ccccc1. The second kappa shape index (κ2) is 11.8. The van der Waals surface area contributed by atoms with E-state index in [0.29, 0.717) is 16.9 Å². The zero-order valence-corrected chi connectivity index (χ0v) is 21.6. The maximum absolute atomic E-state index is 13.1. The molecule has 0 fully saturated rings. The summed E-state index contributed by atoms with van der Waals surface area (Å²) in [5.74, 6) is -0.0402. The molecule has 37 heavy (non-hydrogen) atoms. The van der Waals surface area contributed by atoms with Crippen LogP contribution < -0.4 is 10.2 Å². The van der Waals surface area contributed by atoms with Crippen LogP contribution >= 0.6 is 22.6 Å². The van der Waals surface area contributed by atoms with Crippen LogP contribution in [-0.4, -0.2) is 22.2 Å². The molecule has 4 aromatic carbocycles. The van der Waals surface area contributed by atoms with E-state index in [9.17, 15) is 20.0 Å². The fraction of sp³-hybridized carbons (Fsp3) is 0.0714. The average molecular weight is 607 g/mol. The Morgan fingerprint density at radius 2 is 1.57 bits per heavy atom. The number of non-ortho nitro benzene ring substituents is 1. The number of hydrazone groups is 1. The van der Waals surface area contributed by atoms with E-state index < -0.39 is 16.4 Å². The predicted octanol–water partition coefficient (Wildman–Crippen LogP) is 5.16. The van der Waals surface area contributed by atoms with Crippen LogP contribution in [0.5, 0.6) is 5.75 Å². The first-order valence-corrected chi connectivity index (χ1v) is 12.3. The molecule has 1 amide bonds. The van der Waals surface area contributed by atoms with E-state index in [1.807, 2.05) is 18.2 Å². The van der Waals surface area contributed by atoms with Gasteiger partial charge in [-0.1, -0.05) is 60.7 Å². The smallest absolute Gasteiger partial charge is 0.281 e. The molecule has 0 saturated heterocycles. The number of ether oxygens (including phenoxy) is 1. The summed E-state index contributed by atoms with van der Waals surface area (Å²) in [6, 6.07) is 29.0. The van der Waals surface area contributed by atoms with Crippen molar-refractivity contribution in [3.05, 3.63) is 139 Å². The number of amides is 1. The molecular weight excluding hydrogens is 585 g/mol. The van der Waals surface area contributed by atoms with Gasteiger partial charge in [-0.3, -0.25) is 14.9 Å². The molecule has 0 atom stereocenters. The minimum Gasteiger partial charge on any atom is -0.488 e. The van der Waals surface area contributed by atoms with Crippen molar-refractivity contribution in [3.63, 3.8) is 0 Å². The average Bonchev–Trinajstić information content (AvgIpc) is 2.93. The van der Waals surface area contributed by atoms with E-state index in [2.05, 4.69) is 33.1 Å². The Labute approximate surface area is 226 Å². The Kier molecular flexibility index (Phi) is 8.26. The standard InChI is InChI=1S/C28H22IN3O5/c29-25-17-21(13-16-26(25)37-19-20-11-14-24(15-12-20)32(35)36)18-30-31-27(33)28(34,22-7-3-1-4-8-22)23-9-5-2-6-10-23/h1-18,34H,19H2,(H,31,33)/b30-18+. The number of halogens is 1.